The average Bonchev–Trinajstić information content (AvgIpc) is 2.08. The Morgan fingerprint density at radius 2 is 2.15 bits per heavy atom. The van der Waals surface area contributed by atoms with Crippen LogP contribution in [0.15, 0.2) is 18.2 Å². The van der Waals surface area contributed by atoms with Crippen molar-refractivity contribution in [2.75, 3.05) is 0 Å². The first kappa shape index (κ1) is 11.7. The second-order valence-corrected chi connectivity index (χ2v) is 7.78. The summed E-state index contributed by atoms with van der Waals surface area (Å²) in [6, 6.07) is 5.17. The van der Waals surface area contributed by atoms with Gasteiger partial charge in [-0.15, -0.1) is 0 Å². The molecule has 0 aromatic heterocycles. The van der Waals surface area contributed by atoms with Gasteiger partial charge in [-0.05, 0) is 0 Å². The van der Waals surface area contributed by atoms with Crippen molar-refractivity contribution < 1.29 is 4.79 Å². The number of halogens is 3. The minimum absolute atomic E-state index is 0.0149. The van der Waals surface area contributed by atoms with Crippen LogP contribution in [0.5, 0.6) is 0 Å². The van der Waals surface area contributed by atoms with E-state index in [1.807, 2.05) is 6.07 Å². The third-order valence-electron chi connectivity index (χ3n) is 1.30. The van der Waals surface area contributed by atoms with Crippen molar-refractivity contribution in [3.63, 3.8) is 0 Å². The molecule has 1 nitrogen and oxygen atoms in total. The van der Waals surface area contributed by atoms with E-state index in [0.717, 1.165) is 4.46 Å². The summed E-state index contributed by atoms with van der Waals surface area (Å²) in [6.45, 7) is 0. The van der Waals surface area contributed by atoms with Crippen LogP contribution in [0.2, 0.25) is 5.02 Å². The molecule has 0 heterocycles. The average molecular weight is 320 g/mol. The molecule has 1 aromatic carbocycles. The molecule has 0 aliphatic rings. The number of benzene rings is 1. The van der Waals surface area contributed by atoms with Gasteiger partial charge in [0.25, 0.3) is 0 Å². The van der Waals surface area contributed by atoms with E-state index < -0.39 is 5.24 Å². The second kappa shape index (κ2) is 5.50. The molecular formula is C7H3Cl3OSSe. The fourth-order valence-corrected chi connectivity index (χ4v) is 4.56. The van der Waals surface area contributed by atoms with E-state index in [9.17, 15) is 4.79 Å². The predicted molar refractivity (Wildman–Crippen MR) is 60.5 cm³/mol. The molecule has 70 valence electrons. The van der Waals surface area contributed by atoms with Crippen LogP contribution in [0, 0.1) is 0 Å². The van der Waals surface area contributed by atoms with E-state index in [1.165, 1.54) is 9.39 Å². The maximum atomic E-state index is 10.9. The molecule has 0 spiro atoms. The zero-order chi connectivity index (χ0) is 9.84. The summed E-state index contributed by atoms with van der Waals surface area (Å²) >= 11 is 11.3. The Balaban J connectivity index is 3.10. The molecule has 0 aliphatic carbocycles. The van der Waals surface area contributed by atoms with Crippen LogP contribution < -0.4 is 4.46 Å². The molecule has 0 radical (unpaired) electrons. The van der Waals surface area contributed by atoms with Gasteiger partial charge in [0.1, 0.15) is 0 Å². The number of hydrogen-bond acceptors (Lipinski definition) is 2. The molecule has 0 fully saturated rings. The number of carbonyl (C=O) groups is 1. The Labute approximate surface area is 99.8 Å². The zero-order valence-corrected chi connectivity index (χ0v) is 10.9. The van der Waals surface area contributed by atoms with Crippen LogP contribution in [0.4, 0.5) is 0 Å². The molecule has 0 bridgehead atoms. The molecular weight excluding hydrogens is 317 g/mol. The maximum absolute atomic E-state index is 10.9. The quantitative estimate of drug-likeness (QED) is 0.629. The monoisotopic (exact) mass is 320 g/mol. The Kier molecular flexibility index (Phi) is 4.95. The molecule has 0 aliphatic heterocycles. The van der Waals surface area contributed by atoms with E-state index in [1.54, 1.807) is 12.1 Å². The molecule has 1 aromatic rings. The first-order valence-electron chi connectivity index (χ1n) is 3.10. The fourth-order valence-electron chi connectivity index (χ4n) is 0.761. The molecule has 1 rings (SSSR count). The van der Waals surface area contributed by atoms with Gasteiger partial charge in [0.05, 0.1) is 0 Å². The van der Waals surface area contributed by atoms with E-state index in [4.69, 9.17) is 33.9 Å². The third-order valence-corrected chi connectivity index (χ3v) is 5.63. The van der Waals surface area contributed by atoms with Crippen LogP contribution in [0.3, 0.4) is 0 Å². The number of hydrogen-bond donors (Lipinski definition) is 0. The Morgan fingerprint density at radius 1 is 1.46 bits per heavy atom. The van der Waals surface area contributed by atoms with Crippen LogP contribution in [-0.2, 0) is 0 Å². The second-order valence-electron chi connectivity index (χ2n) is 2.04. The summed E-state index contributed by atoms with van der Waals surface area (Å²) in [6.07, 6.45) is 0. The zero-order valence-electron chi connectivity index (χ0n) is 6.09. The van der Waals surface area contributed by atoms with E-state index in [-0.39, 0.29) is 13.8 Å². The topological polar surface area (TPSA) is 17.1 Å². The van der Waals surface area contributed by atoms with Crippen LogP contribution in [0.25, 0.3) is 0 Å². The standard InChI is InChI=1S/C7H3Cl3OSSe/c8-6-4(7(9)11)2-1-3-5(6)13-12-10/h1-3H. The summed E-state index contributed by atoms with van der Waals surface area (Å²) in [5, 5.41) is -0.127. The van der Waals surface area contributed by atoms with Gasteiger partial charge in [-0.2, -0.15) is 0 Å². The Morgan fingerprint density at radius 3 is 2.69 bits per heavy atom. The molecule has 0 saturated heterocycles. The summed E-state index contributed by atoms with van der Waals surface area (Å²) in [5.41, 5.74) is 0.341. The van der Waals surface area contributed by atoms with Crippen LogP contribution in [-0.4, -0.2) is 19.1 Å². The summed E-state index contributed by atoms with van der Waals surface area (Å²) in [5.74, 6) is 0. The first-order valence-corrected chi connectivity index (χ1v) is 8.38. The van der Waals surface area contributed by atoms with E-state index >= 15 is 0 Å². The van der Waals surface area contributed by atoms with E-state index in [2.05, 4.69) is 0 Å². The molecule has 6 heteroatoms. The predicted octanol–water partition coefficient (Wildman–Crippen LogP) is 2.85. The van der Waals surface area contributed by atoms with Crippen LogP contribution >= 0.6 is 43.3 Å². The fraction of sp³-hybridized carbons (Fsp3) is 0. The number of carbonyl (C=O) groups excluding carboxylic acids is 1. The van der Waals surface area contributed by atoms with Gasteiger partial charge in [0, 0.05) is 0 Å². The molecule has 0 amide bonds. The van der Waals surface area contributed by atoms with Gasteiger partial charge in [0.15, 0.2) is 0 Å². The van der Waals surface area contributed by atoms with Gasteiger partial charge in [-0.25, -0.2) is 0 Å². The Bertz CT molecular complexity index is 332. The Hall–Kier alpha value is 0.629. The molecule has 0 saturated carbocycles. The van der Waals surface area contributed by atoms with E-state index in [0.29, 0.717) is 10.6 Å². The summed E-state index contributed by atoms with van der Waals surface area (Å²) in [7, 11) is 6.69. The summed E-state index contributed by atoms with van der Waals surface area (Å²) in [4.78, 5) is 10.9. The van der Waals surface area contributed by atoms with Crippen molar-refractivity contribution >= 4 is 66.8 Å². The van der Waals surface area contributed by atoms with Gasteiger partial charge in [-0.3, -0.25) is 0 Å². The molecule has 0 unspecified atom stereocenters. The van der Waals surface area contributed by atoms with Crippen molar-refractivity contribution in [2.24, 2.45) is 0 Å². The van der Waals surface area contributed by atoms with Crippen LogP contribution in [0.1, 0.15) is 10.4 Å². The SMILES string of the molecule is O=C(Cl)c1cccc([Se]SCl)c1Cl. The van der Waals surface area contributed by atoms with Gasteiger partial charge in [-0.1, -0.05) is 0 Å². The van der Waals surface area contributed by atoms with Gasteiger partial charge < -0.3 is 0 Å². The van der Waals surface area contributed by atoms with Gasteiger partial charge >= 0.3 is 100 Å². The van der Waals surface area contributed by atoms with Crippen molar-refractivity contribution in [2.45, 2.75) is 0 Å². The van der Waals surface area contributed by atoms with Crippen molar-refractivity contribution in [1.29, 1.82) is 0 Å². The van der Waals surface area contributed by atoms with Crippen molar-refractivity contribution in [1.82, 2.24) is 0 Å². The van der Waals surface area contributed by atoms with Gasteiger partial charge in [0.2, 0.25) is 0 Å². The molecule has 13 heavy (non-hydrogen) atoms. The third kappa shape index (κ3) is 3.05. The van der Waals surface area contributed by atoms with Crippen molar-refractivity contribution in [3.05, 3.63) is 28.8 Å². The summed E-state index contributed by atoms with van der Waals surface area (Å²) < 4.78 is 0.876. The molecule has 0 atom stereocenters. The number of rotatable bonds is 3. The van der Waals surface area contributed by atoms with Crippen molar-refractivity contribution in [3.8, 4) is 0 Å². The first-order chi connectivity index (χ1) is 6.16. The minimum atomic E-state index is -0.540. The normalized spacial score (nSPS) is 10.1. The molecule has 0 N–H and O–H groups in total.